The topological polar surface area (TPSA) is 17.0 Å². The SMILES string of the molecule is Cc1ccc(CNCc2c(C)c3ccccc3n2C)cc1. The Bertz CT molecular complexity index is 712. The molecular formula is C19H22N2. The van der Waals surface area contributed by atoms with Gasteiger partial charge in [-0.1, -0.05) is 48.0 Å². The molecular weight excluding hydrogens is 256 g/mol. The van der Waals surface area contributed by atoms with Crippen molar-refractivity contribution in [1.82, 2.24) is 9.88 Å². The Morgan fingerprint density at radius 3 is 2.33 bits per heavy atom. The van der Waals surface area contributed by atoms with Crippen LogP contribution < -0.4 is 5.32 Å². The van der Waals surface area contributed by atoms with E-state index in [0.29, 0.717) is 0 Å². The largest absolute Gasteiger partial charge is 0.346 e. The summed E-state index contributed by atoms with van der Waals surface area (Å²) in [5.74, 6) is 0. The van der Waals surface area contributed by atoms with Crippen LogP contribution in [0.25, 0.3) is 10.9 Å². The fraction of sp³-hybridized carbons (Fsp3) is 0.263. The third kappa shape index (κ3) is 2.72. The summed E-state index contributed by atoms with van der Waals surface area (Å²) in [6.45, 7) is 6.13. The average Bonchev–Trinajstić information content (AvgIpc) is 2.75. The molecule has 1 aromatic heterocycles. The van der Waals surface area contributed by atoms with Crippen LogP contribution in [0, 0.1) is 13.8 Å². The highest BCUT2D eigenvalue weighted by molar-refractivity contribution is 5.85. The molecule has 21 heavy (non-hydrogen) atoms. The number of hydrogen-bond donors (Lipinski definition) is 1. The number of para-hydroxylation sites is 1. The minimum Gasteiger partial charge on any atom is -0.346 e. The molecule has 0 saturated heterocycles. The van der Waals surface area contributed by atoms with Gasteiger partial charge in [-0.2, -0.15) is 0 Å². The third-order valence-electron chi connectivity index (χ3n) is 4.25. The highest BCUT2D eigenvalue weighted by Gasteiger charge is 2.10. The minimum absolute atomic E-state index is 0.894. The van der Waals surface area contributed by atoms with E-state index in [4.69, 9.17) is 0 Å². The van der Waals surface area contributed by atoms with E-state index in [-0.39, 0.29) is 0 Å². The van der Waals surface area contributed by atoms with Crippen molar-refractivity contribution in [3.8, 4) is 0 Å². The normalized spacial score (nSPS) is 11.2. The summed E-state index contributed by atoms with van der Waals surface area (Å²) in [4.78, 5) is 0. The molecule has 2 heteroatoms. The molecule has 0 radical (unpaired) electrons. The van der Waals surface area contributed by atoms with Crippen molar-refractivity contribution in [1.29, 1.82) is 0 Å². The number of nitrogens with one attached hydrogen (secondary N) is 1. The predicted molar refractivity (Wildman–Crippen MR) is 89.4 cm³/mol. The first-order valence-electron chi connectivity index (χ1n) is 7.46. The van der Waals surface area contributed by atoms with Gasteiger partial charge in [0.05, 0.1) is 0 Å². The van der Waals surface area contributed by atoms with Crippen molar-refractivity contribution in [3.63, 3.8) is 0 Å². The zero-order chi connectivity index (χ0) is 14.8. The molecule has 1 N–H and O–H groups in total. The van der Waals surface area contributed by atoms with E-state index >= 15 is 0 Å². The smallest absolute Gasteiger partial charge is 0.0483 e. The molecule has 0 unspecified atom stereocenters. The zero-order valence-corrected chi connectivity index (χ0v) is 13.0. The Hall–Kier alpha value is -2.06. The van der Waals surface area contributed by atoms with E-state index in [1.54, 1.807) is 0 Å². The maximum Gasteiger partial charge on any atom is 0.0483 e. The third-order valence-corrected chi connectivity index (χ3v) is 4.25. The molecule has 108 valence electrons. The molecule has 0 atom stereocenters. The van der Waals surface area contributed by atoms with Crippen molar-refractivity contribution < 1.29 is 0 Å². The second-order valence-corrected chi connectivity index (χ2v) is 5.74. The van der Waals surface area contributed by atoms with Crippen LogP contribution >= 0.6 is 0 Å². The lowest BCUT2D eigenvalue weighted by atomic mass is 10.1. The molecule has 0 aliphatic rings. The molecule has 0 fully saturated rings. The quantitative estimate of drug-likeness (QED) is 0.760. The first kappa shape index (κ1) is 13.9. The summed E-state index contributed by atoms with van der Waals surface area (Å²) in [7, 11) is 2.15. The molecule has 1 heterocycles. The first-order valence-corrected chi connectivity index (χ1v) is 7.46. The van der Waals surface area contributed by atoms with Crippen LogP contribution in [0.1, 0.15) is 22.4 Å². The minimum atomic E-state index is 0.894. The Balaban J connectivity index is 1.75. The summed E-state index contributed by atoms with van der Waals surface area (Å²) in [6, 6.07) is 17.3. The first-order chi connectivity index (χ1) is 10.2. The van der Waals surface area contributed by atoms with Crippen LogP contribution in [-0.4, -0.2) is 4.57 Å². The number of benzene rings is 2. The van der Waals surface area contributed by atoms with Gasteiger partial charge in [-0.05, 0) is 31.0 Å². The van der Waals surface area contributed by atoms with Crippen molar-refractivity contribution >= 4 is 10.9 Å². The number of aromatic nitrogens is 1. The van der Waals surface area contributed by atoms with Crippen LogP contribution in [-0.2, 0) is 20.1 Å². The van der Waals surface area contributed by atoms with E-state index in [0.717, 1.165) is 13.1 Å². The maximum absolute atomic E-state index is 3.56. The van der Waals surface area contributed by atoms with Gasteiger partial charge in [0.2, 0.25) is 0 Å². The summed E-state index contributed by atoms with van der Waals surface area (Å²) in [5, 5.41) is 4.91. The van der Waals surface area contributed by atoms with E-state index in [1.165, 1.54) is 33.3 Å². The molecule has 3 aromatic rings. The van der Waals surface area contributed by atoms with Gasteiger partial charge in [0.25, 0.3) is 0 Å². The Labute approximate surface area is 126 Å². The molecule has 0 spiro atoms. The second-order valence-electron chi connectivity index (χ2n) is 5.74. The van der Waals surface area contributed by atoms with E-state index in [9.17, 15) is 0 Å². The van der Waals surface area contributed by atoms with Gasteiger partial charge >= 0.3 is 0 Å². The fourth-order valence-electron chi connectivity index (χ4n) is 2.92. The predicted octanol–water partition coefficient (Wildman–Crippen LogP) is 4.08. The van der Waals surface area contributed by atoms with Crippen LogP contribution in [0.4, 0.5) is 0 Å². The van der Waals surface area contributed by atoms with E-state index in [1.807, 2.05) is 0 Å². The summed E-state index contributed by atoms with van der Waals surface area (Å²) in [6.07, 6.45) is 0. The van der Waals surface area contributed by atoms with Gasteiger partial charge in [-0.15, -0.1) is 0 Å². The van der Waals surface area contributed by atoms with Crippen LogP contribution in [0.3, 0.4) is 0 Å². The van der Waals surface area contributed by atoms with E-state index < -0.39 is 0 Å². The summed E-state index contributed by atoms with van der Waals surface area (Å²) >= 11 is 0. The van der Waals surface area contributed by atoms with Gasteiger partial charge in [-0.3, -0.25) is 0 Å². The Morgan fingerprint density at radius 1 is 0.905 bits per heavy atom. The lowest BCUT2D eigenvalue weighted by Crippen LogP contribution is -2.15. The van der Waals surface area contributed by atoms with Gasteiger partial charge in [0, 0.05) is 36.7 Å². The fourth-order valence-corrected chi connectivity index (χ4v) is 2.92. The highest BCUT2D eigenvalue weighted by atomic mass is 15.0. The molecule has 0 aliphatic carbocycles. The lowest BCUT2D eigenvalue weighted by molar-refractivity contribution is 0.656. The number of fused-ring (bicyclic) bond motifs is 1. The molecule has 3 rings (SSSR count). The van der Waals surface area contributed by atoms with Gasteiger partial charge in [0.15, 0.2) is 0 Å². The van der Waals surface area contributed by atoms with Crippen molar-refractivity contribution in [2.24, 2.45) is 7.05 Å². The lowest BCUT2D eigenvalue weighted by Gasteiger charge is -2.08. The number of hydrogen-bond acceptors (Lipinski definition) is 1. The number of aryl methyl sites for hydroxylation is 3. The standard InChI is InChI=1S/C19H22N2/c1-14-8-10-16(11-9-14)12-20-13-19-15(2)17-6-4-5-7-18(17)21(19)3/h4-11,20H,12-13H2,1-3H3. The Kier molecular flexibility index (Phi) is 3.80. The van der Waals surface area contributed by atoms with Crippen LogP contribution in [0.5, 0.6) is 0 Å². The molecule has 2 aromatic carbocycles. The Morgan fingerprint density at radius 2 is 1.62 bits per heavy atom. The van der Waals surface area contributed by atoms with Gasteiger partial charge < -0.3 is 9.88 Å². The molecule has 0 saturated carbocycles. The average molecular weight is 278 g/mol. The second kappa shape index (κ2) is 5.74. The zero-order valence-electron chi connectivity index (χ0n) is 13.0. The molecule has 0 bridgehead atoms. The van der Waals surface area contributed by atoms with Crippen LogP contribution in [0.15, 0.2) is 48.5 Å². The van der Waals surface area contributed by atoms with Crippen molar-refractivity contribution in [2.45, 2.75) is 26.9 Å². The van der Waals surface area contributed by atoms with Crippen molar-refractivity contribution in [3.05, 3.63) is 70.9 Å². The van der Waals surface area contributed by atoms with Gasteiger partial charge in [-0.25, -0.2) is 0 Å². The summed E-state index contributed by atoms with van der Waals surface area (Å²) < 4.78 is 2.30. The number of rotatable bonds is 4. The van der Waals surface area contributed by atoms with Crippen LogP contribution in [0.2, 0.25) is 0 Å². The molecule has 2 nitrogen and oxygen atoms in total. The molecule has 0 aliphatic heterocycles. The van der Waals surface area contributed by atoms with E-state index in [2.05, 4.69) is 79.3 Å². The number of nitrogens with zero attached hydrogens (tertiary/aromatic N) is 1. The highest BCUT2D eigenvalue weighted by Crippen LogP contribution is 2.24. The maximum atomic E-state index is 3.56. The van der Waals surface area contributed by atoms with Gasteiger partial charge in [0.1, 0.15) is 0 Å². The summed E-state index contributed by atoms with van der Waals surface area (Å²) in [5.41, 5.74) is 6.69. The molecule has 0 amide bonds. The van der Waals surface area contributed by atoms with Crippen molar-refractivity contribution in [2.75, 3.05) is 0 Å². The monoisotopic (exact) mass is 278 g/mol.